The van der Waals surface area contributed by atoms with Crippen molar-refractivity contribution in [2.24, 2.45) is 0 Å². The van der Waals surface area contributed by atoms with E-state index in [2.05, 4.69) is 15.9 Å². The molecule has 7 heteroatoms. The van der Waals surface area contributed by atoms with Crippen molar-refractivity contribution in [1.82, 2.24) is 4.31 Å². The first-order chi connectivity index (χ1) is 9.34. The largest absolute Gasteiger partial charge is 0.247 e. The summed E-state index contributed by atoms with van der Waals surface area (Å²) in [5.41, 5.74) is 0. The Hall–Kier alpha value is -0.530. The molecule has 0 N–H and O–H groups in total. The van der Waals surface area contributed by atoms with Gasteiger partial charge in [0.2, 0.25) is 10.0 Å². The molecule has 0 radical (unpaired) electrons. The van der Waals surface area contributed by atoms with Gasteiger partial charge >= 0.3 is 0 Å². The third kappa shape index (κ3) is 3.04. The van der Waals surface area contributed by atoms with E-state index in [0.29, 0.717) is 12.6 Å². The van der Waals surface area contributed by atoms with Gasteiger partial charge < -0.3 is 0 Å². The van der Waals surface area contributed by atoms with Crippen molar-refractivity contribution < 1.29 is 17.2 Å². The lowest BCUT2D eigenvalue weighted by Crippen LogP contribution is -2.38. The molecule has 112 valence electrons. The van der Waals surface area contributed by atoms with Gasteiger partial charge in [0.1, 0.15) is 16.5 Å². The second-order valence-corrected chi connectivity index (χ2v) is 7.69. The number of hydrogen-bond acceptors (Lipinski definition) is 2. The van der Waals surface area contributed by atoms with Gasteiger partial charge in [0.15, 0.2) is 0 Å². The summed E-state index contributed by atoms with van der Waals surface area (Å²) in [7, 11) is -3.97. The minimum absolute atomic E-state index is 0.0774. The highest BCUT2D eigenvalue weighted by molar-refractivity contribution is 9.10. The Balaban J connectivity index is 2.49. The second kappa shape index (κ2) is 6.07. The summed E-state index contributed by atoms with van der Waals surface area (Å²) in [6.45, 7) is 2.19. The van der Waals surface area contributed by atoms with Gasteiger partial charge in [-0.1, -0.05) is 12.8 Å². The molecule has 1 heterocycles. The Morgan fingerprint density at radius 2 is 1.95 bits per heavy atom. The lowest BCUT2D eigenvalue weighted by molar-refractivity contribution is 0.340. The van der Waals surface area contributed by atoms with Gasteiger partial charge in [0.05, 0.1) is 0 Å². The van der Waals surface area contributed by atoms with Crippen LogP contribution >= 0.6 is 15.9 Å². The van der Waals surface area contributed by atoms with Crippen LogP contribution in [0.5, 0.6) is 0 Å². The van der Waals surface area contributed by atoms with E-state index in [0.717, 1.165) is 31.7 Å². The number of halogens is 3. The van der Waals surface area contributed by atoms with Crippen LogP contribution in [0.15, 0.2) is 21.5 Å². The topological polar surface area (TPSA) is 37.4 Å². The van der Waals surface area contributed by atoms with E-state index < -0.39 is 26.6 Å². The molecule has 1 aliphatic rings. The molecular weight excluding hydrogens is 352 g/mol. The molecule has 0 saturated carbocycles. The predicted molar refractivity (Wildman–Crippen MR) is 75.9 cm³/mol. The summed E-state index contributed by atoms with van der Waals surface area (Å²) >= 11 is 2.95. The monoisotopic (exact) mass is 367 g/mol. The van der Waals surface area contributed by atoms with E-state index in [-0.39, 0.29) is 10.5 Å². The number of benzene rings is 1. The molecule has 0 aromatic heterocycles. The summed E-state index contributed by atoms with van der Waals surface area (Å²) < 4.78 is 53.5. The maximum absolute atomic E-state index is 13.9. The van der Waals surface area contributed by atoms with E-state index >= 15 is 0 Å². The van der Waals surface area contributed by atoms with Crippen molar-refractivity contribution in [2.75, 3.05) is 6.54 Å². The molecule has 2 rings (SSSR count). The SMILES string of the molecule is CC1CCCCCN1S(=O)(=O)c1c(F)cc(F)cc1Br. The van der Waals surface area contributed by atoms with Crippen LogP contribution in [0.4, 0.5) is 8.78 Å². The predicted octanol–water partition coefficient (Wildman–Crippen LogP) is 3.68. The minimum Gasteiger partial charge on any atom is -0.207 e. The normalized spacial score (nSPS) is 21.7. The number of hydrogen-bond donors (Lipinski definition) is 0. The van der Waals surface area contributed by atoms with E-state index in [1.807, 2.05) is 6.92 Å². The van der Waals surface area contributed by atoms with Gasteiger partial charge in [-0.15, -0.1) is 0 Å². The standard InChI is InChI=1S/C13H16BrF2NO2S/c1-9-5-3-2-4-6-17(9)20(18,19)13-11(14)7-10(15)8-12(13)16/h7-9H,2-6H2,1H3. The van der Waals surface area contributed by atoms with Crippen molar-refractivity contribution in [3.05, 3.63) is 28.2 Å². The van der Waals surface area contributed by atoms with Gasteiger partial charge in [0.25, 0.3) is 0 Å². The van der Waals surface area contributed by atoms with Gasteiger partial charge in [-0.3, -0.25) is 0 Å². The second-order valence-electron chi connectivity index (χ2n) is 5.01. The number of sulfonamides is 1. The lowest BCUT2D eigenvalue weighted by atomic mass is 10.1. The lowest BCUT2D eigenvalue weighted by Gasteiger charge is -2.26. The molecule has 1 saturated heterocycles. The Morgan fingerprint density at radius 1 is 1.25 bits per heavy atom. The van der Waals surface area contributed by atoms with Crippen LogP contribution in [0.25, 0.3) is 0 Å². The van der Waals surface area contributed by atoms with Crippen LogP contribution in [0.1, 0.15) is 32.6 Å². The molecule has 1 unspecified atom stereocenters. The summed E-state index contributed by atoms with van der Waals surface area (Å²) in [4.78, 5) is -0.479. The van der Waals surface area contributed by atoms with Crippen LogP contribution in [-0.4, -0.2) is 25.3 Å². The highest BCUT2D eigenvalue weighted by Crippen LogP contribution is 2.31. The molecule has 1 aromatic carbocycles. The highest BCUT2D eigenvalue weighted by atomic mass is 79.9. The molecule has 0 aliphatic carbocycles. The summed E-state index contributed by atoms with van der Waals surface area (Å²) in [5, 5.41) is 0. The third-order valence-electron chi connectivity index (χ3n) is 3.52. The third-order valence-corrected chi connectivity index (χ3v) is 6.50. The smallest absolute Gasteiger partial charge is 0.207 e. The highest BCUT2D eigenvalue weighted by Gasteiger charge is 2.34. The van der Waals surface area contributed by atoms with Crippen LogP contribution < -0.4 is 0 Å². The Labute approximate surface area is 126 Å². The van der Waals surface area contributed by atoms with Crippen molar-refractivity contribution in [3.63, 3.8) is 0 Å². The number of nitrogens with zero attached hydrogens (tertiary/aromatic N) is 1. The summed E-state index contributed by atoms with van der Waals surface area (Å²) in [6, 6.07) is 1.39. The molecule has 1 aromatic rings. The fraction of sp³-hybridized carbons (Fsp3) is 0.538. The molecule has 1 fully saturated rings. The average Bonchev–Trinajstić information content (AvgIpc) is 2.52. The zero-order chi connectivity index (χ0) is 14.9. The van der Waals surface area contributed by atoms with Crippen molar-refractivity contribution in [2.45, 2.75) is 43.5 Å². The zero-order valence-electron chi connectivity index (χ0n) is 11.1. The Kier molecular flexibility index (Phi) is 4.81. The molecule has 3 nitrogen and oxygen atoms in total. The van der Waals surface area contributed by atoms with Crippen LogP contribution in [0.3, 0.4) is 0 Å². The maximum atomic E-state index is 13.9. The molecule has 0 bridgehead atoms. The maximum Gasteiger partial charge on any atom is 0.247 e. The molecule has 20 heavy (non-hydrogen) atoms. The van der Waals surface area contributed by atoms with Crippen LogP contribution in [0, 0.1) is 11.6 Å². The summed E-state index contributed by atoms with van der Waals surface area (Å²) in [6.07, 6.45) is 3.42. The van der Waals surface area contributed by atoms with Crippen molar-refractivity contribution in [3.8, 4) is 0 Å². The van der Waals surface area contributed by atoms with E-state index in [9.17, 15) is 17.2 Å². The van der Waals surface area contributed by atoms with E-state index in [1.165, 1.54) is 4.31 Å². The first kappa shape index (κ1) is 15.9. The van der Waals surface area contributed by atoms with Gasteiger partial charge in [0, 0.05) is 23.1 Å². The first-order valence-corrected chi connectivity index (χ1v) is 8.73. The molecule has 1 aliphatic heterocycles. The quantitative estimate of drug-likeness (QED) is 0.799. The average molecular weight is 368 g/mol. The fourth-order valence-electron chi connectivity index (χ4n) is 2.50. The van der Waals surface area contributed by atoms with Gasteiger partial charge in [-0.05, 0) is 41.8 Å². The molecule has 1 atom stereocenters. The van der Waals surface area contributed by atoms with Crippen LogP contribution in [-0.2, 0) is 10.0 Å². The Morgan fingerprint density at radius 3 is 2.60 bits per heavy atom. The van der Waals surface area contributed by atoms with Gasteiger partial charge in [-0.25, -0.2) is 17.2 Å². The minimum atomic E-state index is -3.97. The van der Waals surface area contributed by atoms with Crippen LogP contribution in [0.2, 0.25) is 0 Å². The van der Waals surface area contributed by atoms with E-state index in [4.69, 9.17) is 0 Å². The first-order valence-electron chi connectivity index (χ1n) is 6.50. The Bertz CT molecular complexity index is 583. The summed E-state index contributed by atoms with van der Waals surface area (Å²) in [5.74, 6) is -1.87. The fourth-order valence-corrected chi connectivity index (χ4v) is 5.31. The zero-order valence-corrected chi connectivity index (χ0v) is 13.5. The molecule has 0 spiro atoms. The van der Waals surface area contributed by atoms with Crippen molar-refractivity contribution in [1.29, 1.82) is 0 Å². The number of rotatable bonds is 2. The molecule has 0 amide bonds. The van der Waals surface area contributed by atoms with Crippen molar-refractivity contribution >= 4 is 26.0 Å². The van der Waals surface area contributed by atoms with E-state index in [1.54, 1.807) is 0 Å². The molecular formula is C13H16BrF2NO2S. The van der Waals surface area contributed by atoms with Gasteiger partial charge in [-0.2, -0.15) is 4.31 Å².